The van der Waals surface area contributed by atoms with Crippen molar-refractivity contribution in [1.82, 2.24) is 10.2 Å². The molecule has 6 nitrogen and oxygen atoms in total. The summed E-state index contributed by atoms with van der Waals surface area (Å²) in [5.41, 5.74) is 1.22. The molecule has 0 amide bonds. The molecule has 0 saturated heterocycles. The highest BCUT2D eigenvalue weighted by molar-refractivity contribution is 7.92. The lowest BCUT2D eigenvalue weighted by atomic mass is 10.1. The van der Waals surface area contributed by atoms with Gasteiger partial charge in [0, 0.05) is 6.54 Å². The van der Waals surface area contributed by atoms with Crippen molar-refractivity contribution in [3.05, 3.63) is 77.3 Å². The Hall–Kier alpha value is -2.64. The quantitative estimate of drug-likeness (QED) is 0.646. The molecule has 8 heteroatoms. The SMILES string of the molecule is O=S(=O)(Nc1ccc(NCCc2ccccc2)nn1)c1ccccc1Cl. The number of nitrogens with one attached hydrogen (secondary N) is 2. The van der Waals surface area contributed by atoms with Crippen molar-refractivity contribution >= 4 is 33.3 Å². The Bertz CT molecular complexity index is 964. The van der Waals surface area contributed by atoms with Gasteiger partial charge in [-0.3, -0.25) is 4.72 Å². The maximum Gasteiger partial charge on any atom is 0.264 e. The van der Waals surface area contributed by atoms with E-state index in [-0.39, 0.29) is 15.7 Å². The van der Waals surface area contributed by atoms with Crippen molar-refractivity contribution in [3.63, 3.8) is 0 Å². The number of nitrogens with zero attached hydrogens (tertiary/aromatic N) is 2. The van der Waals surface area contributed by atoms with Gasteiger partial charge in [-0.25, -0.2) is 8.42 Å². The molecule has 0 radical (unpaired) electrons. The molecule has 0 fully saturated rings. The van der Waals surface area contributed by atoms with E-state index in [1.807, 2.05) is 18.2 Å². The summed E-state index contributed by atoms with van der Waals surface area (Å²) in [7, 11) is -3.81. The zero-order chi connectivity index (χ0) is 18.4. The minimum Gasteiger partial charge on any atom is -0.368 e. The number of rotatable bonds is 7. The molecule has 3 aromatic rings. The first-order valence-corrected chi connectivity index (χ1v) is 9.79. The van der Waals surface area contributed by atoms with Gasteiger partial charge < -0.3 is 5.32 Å². The predicted octanol–water partition coefficient (Wildman–Crippen LogP) is 3.59. The monoisotopic (exact) mass is 388 g/mol. The van der Waals surface area contributed by atoms with Gasteiger partial charge >= 0.3 is 0 Å². The van der Waals surface area contributed by atoms with E-state index in [0.717, 1.165) is 6.42 Å². The number of halogens is 1. The second-order valence-corrected chi connectivity index (χ2v) is 7.56. The first kappa shape index (κ1) is 18.2. The first-order chi connectivity index (χ1) is 12.5. The van der Waals surface area contributed by atoms with Crippen LogP contribution in [0.2, 0.25) is 5.02 Å². The average Bonchev–Trinajstić information content (AvgIpc) is 2.64. The van der Waals surface area contributed by atoms with Crippen molar-refractivity contribution in [2.45, 2.75) is 11.3 Å². The first-order valence-electron chi connectivity index (χ1n) is 7.93. The van der Waals surface area contributed by atoms with Gasteiger partial charge in [0.25, 0.3) is 10.0 Å². The van der Waals surface area contributed by atoms with Gasteiger partial charge in [0.05, 0.1) is 5.02 Å². The van der Waals surface area contributed by atoms with Crippen molar-refractivity contribution in [2.24, 2.45) is 0 Å². The Labute approximate surface area is 157 Å². The third kappa shape index (κ3) is 4.71. The van der Waals surface area contributed by atoms with Gasteiger partial charge in [-0.2, -0.15) is 0 Å². The highest BCUT2D eigenvalue weighted by Crippen LogP contribution is 2.22. The van der Waals surface area contributed by atoms with Crippen LogP contribution >= 0.6 is 11.6 Å². The number of sulfonamides is 1. The van der Waals surface area contributed by atoms with E-state index in [4.69, 9.17) is 11.6 Å². The molecule has 2 N–H and O–H groups in total. The van der Waals surface area contributed by atoms with E-state index in [0.29, 0.717) is 12.4 Å². The Morgan fingerprint density at radius 2 is 1.50 bits per heavy atom. The molecule has 0 atom stereocenters. The van der Waals surface area contributed by atoms with Crippen LogP contribution in [0.15, 0.2) is 71.6 Å². The van der Waals surface area contributed by atoms with Crippen LogP contribution in [-0.4, -0.2) is 25.2 Å². The number of aromatic nitrogens is 2. The lowest BCUT2D eigenvalue weighted by molar-refractivity contribution is 0.601. The molecule has 0 aliphatic heterocycles. The number of benzene rings is 2. The largest absolute Gasteiger partial charge is 0.368 e. The van der Waals surface area contributed by atoms with Gasteiger partial charge in [-0.05, 0) is 36.2 Å². The summed E-state index contributed by atoms with van der Waals surface area (Å²) in [4.78, 5) is -0.00599. The fraction of sp³-hybridized carbons (Fsp3) is 0.111. The van der Waals surface area contributed by atoms with Crippen LogP contribution in [0, 0.1) is 0 Å². The average molecular weight is 389 g/mol. The topological polar surface area (TPSA) is 84.0 Å². The van der Waals surface area contributed by atoms with Crippen molar-refractivity contribution in [1.29, 1.82) is 0 Å². The molecular formula is C18H17ClN4O2S. The predicted molar refractivity (Wildman–Crippen MR) is 103 cm³/mol. The minimum atomic E-state index is -3.81. The third-order valence-electron chi connectivity index (χ3n) is 3.59. The van der Waals surface area contributed by atoms with Crippen LogP contribution in [0.1, 0.15) is 5.56 Å². The molecular weight excluding hydrogens is 372 g/mol. The standard InChI is InChI=1S/C18H17ClN4O2S/c19-15-8-4-5-9-16(15)26(24,25)23-18-11-10-17(21-22-18)20-13-12-14-6-2-1-3-7-14/h1-11H,12-13H2,(H,20,21)(H,22,23). The Morgan fingerprint density at radius 1 is 0.846 bits per heavy atom. The number of hydrogen-bond acceptors (Lipinski definition) is 5. The van der Waals surface area contributed by atoms with Crippen molar-refractivity contribution in [3.8, 4) is 0 Å². The molecule has 1 heterocycles. The van der Waals surface area contributed by atoms with Gasteiger partial charge in [-0.15, -0.1) is 10.2 Å². The molecule has 1 aromatic heterocycles. The zero-order valence-corrected chi connectivity index (χ0v) is 15.3. The molecule has 134 valence electrons. The van der Waals surface area contributed by atoms with E-state index in [1.165, 1.54) is 17.7 Å². The van der Waals surface area contributed by atoms with E-state index in [1.54, 1.807) is 24.3 Å². The van der Waals surface area contributed by atoms with Gasteiger partial charge in [0.1, 0.15) is 10.7 Å². The van der Waals surface area contributed by atoms with Gasteiger partial charge in [0.15, 0.2) is 5.82 Å². The highest BCUT2D eigenvalue weighted by atomic mass is 35.5. The van der Waals surface area contributed by atoms with Crippen molar-refractivity contribution < 1.29 is 8.42 Å². The second-order valence-electron chi connectivity index (χ2n) is 5.50. The maximum absolute atomic E-state index is 12.4. The minimum absolute atomic E-state index is 0.00599. The summed E-state index contributed by atoms with van der Waals surface area (Å²) in [5, 5.41) is 11.2. The Morgan fingerprint density at radius 3 is 2.19 bits per heavy atom. The van der Waals surface area contributed by atoms with Crippen LogP contribution in [0.3, 0.4) is 0 Å². The maximum atomic E-state index is 12.4. The highest BCUT2D eigenvalue weighted by Gasteiger charge is 2.18. The Balaban J connectivity index is 1.60. The summed E-state index contributed by atoms with van der Waals surface area (Å²) >= 11 is 5.94. The summed E-state index contributed by atoms with van der Waals surface area (Å²) in [6.07, 6.45) is 0.851. The number of hydrogen-bond donors (Lipinski definition) is 2. The van der Waals surface area contributed by atoms with Crippen LogP contribution in [0.5, 0.6) is 0 Å². The molecule has 0 aliphatic rings. The fourth-order valence-electron chi connectivity index (χ4n) is 2.32. The zero-order valence-electron chi connectivity index (χ0n) is 13.8. The van der Waals surface area contributed by atoms with E-state index in [2.05, 4.69) is 32.4 Å². The Kier molecular flexibility index (Phi) is 5.70. The van der Waals surface area contributed by atoms with Crippen LogP contribution in [-0.2, 0) is 16.4 Å². The summed E-state index contributed by atoms with van der Waals surface area (Å²) < 4.78 is 27.1. The molecule has 0 aliphatic carbocycles. The van der Waals surface area contributed by atoms with Crippen LogP contribution < -0.4 is 10.0 Å². The molecule has 0 spiro atoms. The fourth-order valence-corrected chi connectivity index (χ4v) is 3.83. The molecule has 3 rings (SSSR count). The number of anilines is 2. The summed E-state index contributed by atoms with van der Waals surface area (Å²) in [6.45, 7) is 0.698. The van der Waals surface area contributed by atoms with Gasteiger partial charge in [0.2, 0.25) is 0 Å². The molecule has 0 saturated carbocycles. The van der Waals surface area contributed by atoms with E-state index in [9.17, 15) is 8.42 Å². The van der Waals surface area contributed by atoms with E-state index < -0.39 is 10.0 Å². The van der Waals surface area contributed by atoms with Gasteiger partial charge in [-0.1, -0.05) is 54.1 Å². The van der Waals surface area contributed by atoms with Crippen LogP contribution in [0.4, 0.5) is 11.6 Å². The summed E-state index contributed by atoms with van der Waals surface area (Å²) in [6, 6.07) is 19.5. The molecule has 2 aromatic carbocycles. The molecule has 26 heavy (non-hydrogen) atoms. The lowest BCUT2D eigenvalue weighted by Gasteiger charge is -2.09. The lowest BCUT2D eigenvalue weighted by Crippen LogP contribution is -2.15. The molecule has 0 bridgehead atoms. The third-order valence-corrected chi connectivity index (χ3v) is 5.45. The smallest absolute Gasteiger partial charge is 0.264 e. The van der Waals surface area contributed by atoms with E-state index >= 15 is 0 Å². The van der Waals surface area contributed by atoms with Crippen LogP contribution in [0.25, 0.3) is 0 Å². The summed E-state index contributed by atoms with van der Waals surface area (Å²) in [5.74, 6) is 0.695. The second kappa shape index (κ2) is 8.16. The van der Waals surface area contributed by atoms with Crippen molar-refractivity contribution in [2.75, 3.05) is 16.6 Å². The normalized spacial score (nSPS) is 11.1. The molecule has 0 unspecified atom stereocenters.